The van der Waals surface area contributed by atoms with E-state index < -0.39 is 0 Å². The molecule has 2 aromatic rings. The molecule has 70 valence electrons. The number of nitrogens with zero attached hydrogens (tertiary/aromatic N) is 3. The van der Waals surface area contributed by atoms with Crippen LogP contribution in [0.2, 0.25) is 0 Å². The van der Waals surface area contributed by atoms with Crippen molar-refractivity contribution in [2.24, 2.45) is 4.99 Å². The van der Waals surface area contributed by atoms with Crippen molar-refractivity contribution in [2.45, 2.75) is 13.0 Å². The second-order valence-corrected chi connectivity index (χ2v) is 3.18. The molecule has 0 fully saturated rings. The molecule has 2 aromatic heterocycles. The number of aromatic nitrogens is 4. The van der Waals surface area contributed by atoms with Gasteiger partial charge in [-0.1, -0.05) is 4.99 Å². The van der Waals surface area contributed by atoms with Crippen molar-refractivity contribution >= 4 is 23.3 Å². The molecule has 14 heavy (non-hydrogen) atoms. The SMILES string of the molecule is O=c1[nH]c2c[n+]3c(nc2[nH]1)N=CCC3. The molecule has 0 amide bonds. The van der Waals surface area contributed by atoms with Crippen LogP contribution in [0.3, 0.4) is 0 Å². The van der Waals surface area contributed by atoms with E-state index in [-0.39, 0.29) is 5.69 Å². The van der Waals surface area contributed by atoms with Crippen molar-refractivity contribution in [3.63, 3.8) is 0 Å². The molecule has 0 saturated carbocycles. The first-order valence-corrected chi connectivity index (χ1v) is 4.38. The lowest BCUT2D eigenvalue weighted by Crippen LogP contribution is -2.36. The summed E-state index contributed by atoms with van der Waals surface area (Å²) in [5.41, 5.74) is 1.04. The molecule has 0 unspecified atom stereocenters. The van der Waals surface area contributed by atoms with Crippen LogP contribution in [0.1, 0.15) is 6.42 Å². The number of hydrogen-bond acceptors (Lipinski definition) is 3. The number of fused-ring (bicyclic) bond motifs is 2. The van der Waals surface area contributed by atoms with Gasteiger partial charge in [0, 0.05) is 6.42 Å². The Morgan fingerprint density at radius 3 is 3.29 bits per heavy atom. The summed E-state index contributed by atoms with van der Waals surface area (Å²) in [6, 6.07) is 0. The molecule has 6 heteroatoms. The summed E-state index contributed by atoms with van der Waals surface area (Å²) in [4.78, 5) is 24.6. The van der Waals surface area contributed by atoms with E-state index in [0.29, 0.717) is 11.6 Å². The number of nitrogens with one attached hydrogen (secondary N) is 2. The first kappa shape index (κ1) is 7.43. The zero-order valence-electron chi connectivity index (χ0n) is 7.32. The maximum atomic E-state index is 11.0. The molecule has 2 N–H and O–H groups in total. The predicted octanol–water partition coefficient (Wildman–Crippen LogP) is -0.355. The van der Waals surface area contributed by atoms with Gasteiger partial charge in [-0.25, -0.2) is 9.36 Å². The Labute approximate surface area is 78.3 Å². The van der Waals surface area contributed by atoms with Crippen LogP contribution in [-0.2, 0) is 6.54 Å². The van der Waals surface area contributed by atoms with Gasteiger partial charge in [-0.3, -0.25) is 4.98 Å². The van der Waals surface area contributed by atoms with Crippen molar-refractivity contribution < 1.29 is 4.57 Å². The number of hydrogen-bond donors (Lipinski definition) is 2. The van der Waals surface area contributed by atoms with Gasteiger partial charge in [-0.15, -0.1) is 0 Å². The fourth-order valence-electron chi connectivity index (χ4n) is 1.56. The summed E-state index contributed by atoms with van der Waals surface area (Å²) in [6.45, 7) is 0.856. The Morgan fingerprint density at radius 1 is 1.43 bits per heavy atom. The highest BCUT2D eigenvalue weighted by molar-refractivity contribution is 5.69. The van der Waals surface area contributed by atoms with Gasteiger partial charge in [0.15, 0.2) is 0 Å². The van der Waals surface area contributed by atoms with Gasteiger partial charge in [-0.05, 0) is 4.98 Å². The van der Waals surface area contributed by atoms with E-state index in [9.17, 15) is 4.79 Å². The normalized spacial score (nSPS) is 14.6. The smallest absolute Gasteiger partial charge is 0.301 e. The fourth-order valence-corrected chi connectivity index (χ4v) is 1.56. The predicted molar refractivity (Wildman–Crippen MR) is 49.7 cm³/mol. The zero-order valence-corrected chi connectivity index (χ0v) is 7.32. The Bertz CT molecular complexity index is 579. The number of H-pyrrole nitrogens is 2. The van der Waals surface area contributed by atoms with Crippen LogP contribution in [0, 0.1) is 0 Å². The molecule has 0 atom stereocenters. The molecule has 0 saturated heterocycles. The maximum Gasteiger partial charge on any atom is 0.434 e. The molecule has 0 bridgehead atoms. The molecular formula is C8H8N5O+. The molecule has 0 spiro atoms. The van der Waals surface area contributed by atoms with Gasteiger partial charge in [0.25, 0.3) is 0 Å². The standard InChI is InChI=1S/C8H7N5O/c14-8-10-5-4-13-3-1-2-9-7(13)11-6(5)12-8/h2,4H,1,3H2,(H,10,14)/p+1. The van der Waals surface area contributed by atoms with Gasteiger partial charge >= 0.3 is 11.6 Å². The Morgan fingerprint density at radius 2 is 2.36 bits per heavy atom. The average Bonchev–Trinajstić information content (AvgIpc) is 2.53. The van der Waals surface area contributed by atoms with E-state index in [4.69, 9.17) is 0 Å². The molecule has 3 rings (SSSR count). The highest BCUT2D eigenvalue weighted by Crippen LogP contribution is 2.08. The van der Waals surface area contributed by atoms with Gasteiger partial charge < -0.3 is 4.98 Å². The molecule has 3 heterocycles. The first-order valence-electron chi connectivity index (χ1n) is 4.38. The van der Waals surface area contributed by atoms with Crippen LogP contribution in [0.5, 0.6) is 0 Å². The summed E-state index contributed by atoms with van der Waals surface area (Å²) in [5.74, 6) is 0.638. The minimum atomic E-state index is -0.237. The third-order valence-electron chi connectivity index (χ3n) is 2.19. The topological polar surface area (TPSA) is 77.8 Å². The van der Waals surface area contributed by atoms with Gasteiger partial charge in [0.2, 0.25) is 5.65 Å². The molecular weight excluding hydrogens is 182 g/mol. The third kappa shape index (κ3) is 0.968. The number of imidazole rings is 1. The second kappa shape index (κ2) is 2.50. The minimum Gasteiger partial charge on any atom is -0.301 e. The second-order valence-electron chi connectivity index (χ2n) is 3.18. The van der Waals surface area contributed by atoms with Gasteiger partial charge in [0.1, 0.15) is 5.52 Å². The van der Waals surface area contributed by atoms with E-state index in [1.807, 2.05) is 17.0 Å². The number of aryl methyl sites for hydroxylation is 1. The van der Waals surface area contributed by atoms with Crippen LogP contribution in [0.15, 0.2) is 16.0 Å². The van der Waals surface area contributed by atoms with E-state index in [1.165, 1.54) is 0 Å². The van der Waals surface area contributed by atoms with Crippen molar-refractivity contribution in [1.82, 2.24) is 15.0 Å². The highest BCUT2D eigenvalue weighted by Gasteiger charge is 2.17. The van der Waals surface area contributed by atoms with Crippen LogP contribution in [-0.4, -0.2) is 21.2 Å². The third-order valence-corrected chi connectivity index (χ3v) is 2.19. The Hall–Kier alpha value is -1.98. The summed E-state index contributed by atoms with van der Waals surface area (Å²) in [7, 11) is 0. The van der Waals surface area contributed by atoms with Crippen LogP contribution in [0.4, 0.5) is 5.95 Å². The molecule has 6 nitrogen and oxygen atoms in total. The van der Waals surface area contributed by atoms with Crippen LogP contribution < -0.4 is 10.3 Å². The minimum absolute atomic E-state index is 0.237. The lowest BCUT2D eigenvalue weighted by molar-refractivity contribution is -0.685. The highest BCUT2D eigenvalue weighted by atomic mass is 16.1. The van der Waals surface area contributed by atoms with Crippen molar-refractivity contribution in [2.75, 3.05) is 0 Å². The van der Waals surface area contributed by atoms with E-state index in [0.717, 1.165) is 18.5 Å². The van der Waals surface area contributed by atoms with Crippen molar-refractivity contribution in [3.05, 3.63) is 16.7 Å². The summed E-state index contributed by atoms with van der Waals surface area (Å²) in [6.07, 6.45) is 4.59. The molecule has 0 aromatic carbocycles. The van der Waals surface area contributed by atoms with Crippen molar-refractivity contribution in [3.8, 4) is 0 Å². The summed E-state index contributed by atoms with van der Waals surface area (Å²) < 4.78 is 1.92. The zero-order chi connectivity index (χ0) is 9.54. The number of aromatic amines is 2. The van der Waals surface area contributed by atoms with Crippen molar-refractivity contribution in [1.29, 1.82) is 0 Å². The first-order chi connectivity index (χ1) is 6.83. The van der Waals surface area contributed by atoms with Gasteiger partial charge in [0.05, 0.1) is 19.0 Å². The lowest BCUT2D eigenvalue weighted by Gasteiger charge is -2.02. The van der Waals surface area contributed by atoms with Crippen LogP contribution >= 0.6 is 0 Å². The molecule has 1 aliphatic rings. The van der Waals surface area contributed by atoms with Gasteiger partial charge in [-0.2, -0.15) is 0 Å². The average molecular weight is 190 g/mol. The monoisotopic (exact) mass is 190 g/mol. The summed E-state index contributed by atoms with van der Waals surface area (Å²) in [5, 5.41) is 0. The van der Waals surface area contributed by atoms with E-state index in [1.54, 1.807) is 0 Å². The maximum absolute atomic E-state index is 11.0. The Balaban J connectivity index is 2.38. The number of rotatable bonds is 0. The molecule has 0 aliphatic carbocycles. The van der Waals surface area contributed by atoms with E-state index in [2.05, 4.69) is 19.9 Å². The van der Waals surface area contributed by atoms with E-state index >= 15 is 0 Å². The quantitative estimate of drug-likeness (QED) is 0.557. The fraction of sp³-hybridized carbons (Fsp3) is 0.250. The lowest BCUT2D eigenvalue weighted by atomic mass is 10.4. The Kier molecular flexibility index (Phi) is 1.33. The van der Waals surface area contributed by atoms with Crippen LogP contribution in [0.25, 0.3) is 11.2 Å². The summed E-state index contributed by atoms with van der Waals surface area (Å²) >= 11 is 0. The largest absolute Gasteiger partial charge is 0.434 e. The molecule has 1 aliphatic heterocycles. The number of aliphatic imine (C=N–C) groups is 1. The molecule has 0 radical (unpaired) electrons.